The first kappa shape index (κ1) is 12.4. The molecule has 0 N–H and O–H groups in total. The lowest BCUT2D eigenvalue weighted by atomic mass is 9.98. The molecular formula is C15H16N4O2. The number of furan rings is 1. The van der Waals surface area contributed by atoms with E-state index in [0.717, 1.165) is 48.6 Å². The lowest BCUT2D eigenvalue weighted by Crippen LogP contribution is -2.35. The van der Waals surface area contributed by atoms with Crippen molar-refractivity contribution < 1.29 is 8.94 Å². The molecule has 4 heterocycles. The van der Waals surface area contributed by atoms with Crippen LogP contribution in [-0.2, 0) is 0 Å². The number of fused-ring (bicyclic) bond motifs is 1. The molecule has 0 bridgehead atoms. The molecule has 6 heteroatoms. The maximum atomic E-state index is 5.46. The molecular weight excluding hydrogens is 268 g/mol. The molecule has 4 rings (SSSR count). The second kappa shape index (κ2) is 4.87. The Morgan fingerprint density at radius 1 is 1.33 bits per heavy atom. The fourth-order valence-electron chi connectivity index (χ4n) is 2.98. The minimum absolute atomic E-state index is 0.268. The number of hydrogen-bond acceptors (Lipinski definition) is 6. The van der Waals surface area contributed by atoms with Crippen molar-refractivity contribution in [3.05, 3.63) is 36.3 Å². The zero-order chi connectivity index (χ0) is 14.2. The van der Waals surface area contributed by atoms with Gasteiger partial charge in [-0.3, -0.25) is 0 Å². The van der Waals surface area contributed by atoms with Crippen LogP contribution in [0.5, 0.6) is 0 Å². The smallest absolute Gasteiger partial charge is 0.231 e. The topological polar surface area (TPSA) is 68.2 Å². The summed E-state index contributed by atoms with van der Waals surface area (Å²) >= 11 is 0. The third-order valence-corrected chi connectivity index (χ3v) is 3.97. The summed E-state index contributed by atoms with van der Waals surface area (Å²) in [5, 5.41) is 4.95. The maximum Gasteiger partial charge on any atom is 0.231 e. The Morgan fingerprint density at radius 2 is 2.29 bits per heavy atom. The van der Waals surface area contributed by atoms with Gasteiger partial charge in [0.2, 0.25) is 5.89 Å². The summed E-state index contributed by atoms with van der Waals surface area (Å²) in [6.07, 6.45) is 5.65. The van der Waals surface area contributed by atoms with E-state index in [0.29, 0.717) is 5.82 Å². The monoisotopic (exact) mass is 284 g/mol. The van der Waals surface area contributed by atoms with Crippen LogP contribution in [0.15, 0.2) is 33.5 Å². The molecule has 1 saturated heterocycles. The molecule has 6 nitrogen and oxygen atoms in total. The Morgan fingerprint density at radius 3 is 3.14 bits per heavy atom. The number of nitrogens with zero attached hydrogens (tertiary/aromatic N) is 4. The van der Waals surface area contributed by atoms with Crippen LogP contribution in [0.3, 0.4) is 0 Å². The molecule has 0 amide bonds. The number of pyridine rings is 1. The third-order valence-electron chi connectivity index (χ3n) is 3.97. The Hall–Kier alpha value is -2.37. The molecule has 1 fully saturated rings. The largest absolute Gasteiger partial charge is 0.464 e. The molecule has 0 saturated carbocycles. The number of aryl methyl sites for hydroxylation is 1. The number of anilines is 1. The highest BCUT2D eigenvalue weighted by molar-refractivity contribution is 5.88. The second-order valence-corrected chi connectivity index (χ2v) is 5.43. The van der Waals surface area contributed by atoms with Gasteiger partial charge in [0.05, 0.1) is 17.6 Å². The first-order chi connectivity index (χ1) is 10.3. The number of piperidine rings is 1. The highest BCUT2D eigenvalue weighted by atomic mass is 16.5. The van der Waals surface area contributed by atoms with E-state index in [1.807, 2.05) is 19.1 Å². The predicted molar refractivity (Wildman–Crippen MR) is 77.2 cm³/mol. The Labute approximate surface area is 121 Å². The molecule has 108 valence electrons. The molecule has 0 radical (unpaired) electrons. The zero-order valence-corrected chi connectivity index (χ0v) is 11.8. The summed E-state index contributed by atoms with van der Waals surface area (Å²) in [6, 6.07) is 3.86. The Kier molecular flexibility index (Phi) is 2.87. The van der Waals surface area contributed by atoms with Crippen LogP contribution < -0.4 is 4.90 Å². The van der Waals surface area contributed by atoms with Crippen molar-refractivity contribution in [1.29, 1.82) is 0 Å². The van der Waals surface area contributed by atoms with Gasteiger partial charge in [0.1, 0.15) is 11.4 Å². The van der Waals surface area contributed by atoms with Gasteiger partial charge in [0, 0.05) is 19.3 Å². The molecule has 3 aromatic rings. The second-order valence-electron chi connectivity index (χ2n) is 5.43. The molecule has 3 aromatic heterocycles. The van der Waals surface area contributed by atoms with Gasteiger partial charge in [-0.1, -0.05) is 5.16 Å². The zero-order valence-electron chi connectivity index (χ0n) is 11.8. The van der Waals surface area contributed by atoms with Crippen molar-refractivity contribution in [2.75, 3.05) is 18.0 Å². The van der Waals surface area contributed by atoms with E-state index < -0.39 is 0 Å². The first-order valence-electron chi connectivity index (χ1n) is 7.18. The van der Waals surface area contributed by atoms with Gasteiger partial charge >= 0.3 is 0 Å². The molecule has 1 unspecified atom stereocenters. The van der Waals surface area contributed by atoms with E-state index in [1.54, 1.807) is 12.5 Å². The summed E-state index contributed by atoms with van der Waals surface area (Å²) in [5.41, 5.74) is 0.871. The van der Waals surface area contributed by atoms with E-state index in [1.165, 1.54) is 0 Å². The van der Waals surface area contributed by atoms with Gasteiger partial charge in [-0.25, -0.2) is 4.98 Å². The minimum Gasteiger partial charge on any atom is -0.464 e. The molecule has 0 spiro atoms. The van der Waals surface area contributed by atoms with Crippen molar-refractivity contribution >= 4 is 16.8 Å². The summed E-state index contributed by atoms with van der Waals surface area (Å²) in [4.78, 5) is 11.2. The van der Waals surface area contributed by atoms with Crippen molar-refractivity contribution in [3.63, 3.8) is 0 Å². The van der Waals surface area contributed by atoms with E-state index >= 15 is 0 Å². The van der Waals surface area contributed by atoms with Crippen LogP contribution in [0.25, 0.3) is 11.0 Å². The highest BCUT2D eigenvalue weighted by Crippen LogP contribution is 2.32. The third kappa shape index (κ3) is 2.16. The molecule has 0 aromatic carbocycles. The quantitative estimate of drug-likeness (QED) is 0.720. The summed E-state index contributed by atoms with van der Waals surface area (Å²) in [5.74, 6) is 2.67. The molecule has 1 aliphatic rings. The van der Waals surface area contributed by atoms with Crippen LogP contribution in [0.1, 0.15) is 30.5 Å². The molecule has 0 aliphatic carbocycles. The minimum atomic E-state index is 0.268. The number of hydrogen-bond donors (Lipinski definition) is 0. The van der Waals surface area contributed by atoms with Gasteiger partial charge in [0.15, 0.2) is 5.82 Å². The van der Waals surface area contributed by atoms with Gasteiger partial charge in [-0.05, 0) is 31.9 Å². The van der Waals surface area contributed by atoms with Crippen molar-refractivity contribution in [2.45, 2.75) is 25.7 Å². The van der Waals surface area contributed by atoms with Crippen LogP contribution in [0.2, 0.25) is 0 Å². The van der Waals surface area contributed by atoms with E-state index in [2.05, 4.69) is 20.0 Å². The fourth-order valence-corrected chi connectivity index (χ4v) is 2.98. The van der Waals surface area contributed by atoms with Crippen LogP contribution >= 0.6 is 0 Å². The SMILES string of the molecule is Cc1noc(C2CCCN(c3nccc4occc34)C2)n1. The normalized spacial score (nSPS) is 19.3. The van der Waals surface area contributed by atoms with Gasteiger partial charge in [-0.15, -0.1) is 0 Å². The number of rotatable bonds is 2. The average Bonchev–Trinajstić information content (AvgIpc) is 3.15. The fraction of sp³-hybridized carbons (Fsp3) is 0.400. The van der Waals surface area contributed by atoms with Gasteiger partial charge in [-0.2, -0.15) is 4.98 Å². The maximum absolute atomic E-state index is 5.46. The van der Waals surface area contributed by atoms with Gasteiger partial charge < -0.3 is 13.8 Å². The van der Waals surface area contributed by atoms with E-state index in [4.69, 9.17) is 8.94 Å². The average molecular weight is 284 g/mol. The molecule has 1 atom stereocenters. The lowest BCUT2D eigenvalue weighted by Gasteiger charge is -2.32. The Bertz CT molecular complexity index is 764. The van der Waals surface area contributed by atoms with E-state index in [9.17, 15) is 0 Å². The van der Waals surface area contributed by atoms with E-state index in [-0.39, 0.29) is 5.92 Å². The van der Waals surface area contributed by atoms with Crippen LogP contribution in [-0.4, -0.2) is 28.2 Å². The molecule has 21 heavy (non-hydrogen) atoms. The van der Waals surface area contributed by atoms with Crippen molar-refractivity contribution in [1.82, 2.24) is 15.1 Å². The predicted octanol–water partition coefficient (Wildman–Crippen LogP) is 2.90. The summed E-state index contributed by atoms with van der Waals surface area (Å²) in [6.45, 7) is 3.68. The summed E-state index contributed by atoms with van der Waals surface area (Å²) < 4.78 is 10.8. The lowest BCUT2D eigenvalue weighted by molar-refractivity contribution is 0.331. The van der Waals surface area contributed by atoms with Crippen LogP contribution in [0, 0.1) is 6.92 Å². The number of aromatic nitrogens is 3. The Balaban J connectivity index is 1.65. The standard InChI is InChI=1S/C15H16N4O2/c1-10-17-15(21-18-10)11-3-2-7-19(9-11)14-12-5-8-20-13(12)4-6-16-14/h4-6,8,11H,2-3,7,9H2,1H3. The van der Waals surface area contributed by atoms with Crippen LogP contribution in [0.4, 0.5) is 5.82 Å². The van der Waals surface area contributed by atoms with Crippen molar-refractivity contribution in [2.24, 2.45) is 0 Å². The highest BCUT2D eigenvalue weighted by Gasteiger charge is 2.27. The first-order valence-corrected chi connectivity index (χ1v) is 7.18. The van der Waals surface area contributed by atoms with Crippen molar-refractivity contribution in [3.8, 4) is 0 Å². The van der Waals surface area contributed by atoms with Gasteiger partial charge in [0.25, 0.3) is 0 Å². The molecule has 1 aliphatic heterocycles. The summed E-state index contributed by atoms with van der Waals surface area (Å²) in [7, 11) is 0.